The molecule has 2 rings (SSSR count). The number of rotatable bonds is 4. The Morgan fingerprint density at radius 3 is 2.37 bits per heavy atom. The monoisotopic (exact) mass is 294 g/mol. The summed E-state index contributed by atoms with van der Waals surface area (Å²) < 4.78 is 0. The van der Waals surface area contributed by atoms with E-state index >= 15 is 0 Å². The van der Waals surface area contributed by atoms with E-state index in [2.05, 4.69) is 45.0 Å². The van der Waals surface area contributed by atoms with Crippen molar-refractivity contribution < 1.29 is 4.79 Å². The molecule has 0 aliphatic carbocycles. The molecule has 0 bridgehead atoms. The first-order valence-electron chi connectivity index (χ1n) is 6.97. The van der Waals surface area contributed by atoms with E-state index in [1.54, 1.807) is 0 Å². The van der Waals surface area contributed by atoms with Crippen molar-refractivity contribution in [2.24, 2.45) is 0 Å². The number of carbonyl (C=O) groups excluding carboxylic acids is 1. The fourth-order valence-corrected chi connectivity index (χ4v) is 5.05. The Labute approximate surface area is 124 Å². The van der Waals surface area contributed by atoms with Crippen LogP contribution in [0.4, 0.5) is 0 Å². The Balaban J connectivity index is 1.93. The molecule has 3 heteroatoms. The smallest absolute Gasteiger partial charge is 0.151 e. The zero-order valence-corrected chi connectivity index (χ0v) is 13.5. The summed E-state index contributed by atoms with van der Waals surface area (Å²) in [6, 6.07) is 8.47. The number of hydrogen-bond donors (Lipinski definition) is 0. The first kappa shape index (κ1) is 15.0. The van der Waals surface area contributed by atoms with Crippen LogP contribution in [0.5, 0.6) is 0 Å². The molecular weight excluding hydrogens is 272 g/mol. The Kier molecular flexibility index (Phi) is 5.40. The van der Waals surface area contributed by atoms with E-state index in [0.717, 1.165) is 17.7 Å². The van der Waals surface area contributed by atoms with Crippen LogP contribution in [0.25, 0.3) is 0 Å². The minimum atomic E-state index is 0.182. The molecule has 1 fully saturated rings. The minimum absolute atomic E-state index is 0.182. The van der Waals surface area contributed by atoms with E-state index in [4.69, 9.17) is 0 Å². The standard InChI is InChI=1S/C16H22OS2/c1-4-13-5-7-14(8-6-13)9-15(17)16-10-18-11(2)12(3)19-16/h5-8,11-12,16H,4,9-10H2,1-3H3. The highest BCUT2D eigenvalue weighted by Crippen LogP contribution is 2.36. The van der Waals surface area contributed by atoms with Crippen LogP contribution in [0.1, 0.15) is 31.9 Å². The van der Waals surface area contributed by atoms with Gasteiger partial charge in [-0.15, -0.1) is 11.8 Å². The number of Topliss-reactive ketones (excluding diaryl/α,β-unsaturated/α-hetero) is 1. The zero-order chi connectivity index (χ0) is 13.8. The molecule has 0 radical (unpaired) electrons. The average Bonchev–Trinajstić information content (AvgIpc) is 2.42. The molecule has 1 saturated heterocycles. The second-order valence-electron chi connectivity index (χ2n) is 5.18. The second kappa shape index (κ2) is 6.85. The summed E-state index contributed by atoms with van der Waals surface area (Å²) in [6.45, 7) is 6.64. The quantitative estimate of drug-likeness (QED) is 0.836. The third-order valence-corrected chi connectivity index (χ3v) is 7.16. The summed E-state index contributed by atoms with van der Waals surface area (Å²) in [7, 11) is 0. The fourth-order valence-electron chi connectivity index (χ4n) is 2.16. The van der Waals surface area contributed by atoms with Gasteiger partial charge in [-0.3, -0.25) is 4.79 Å². The molecule has 1 heterocycles. The maximum atomic E-state index is 12.3. The van der Waals surface area contributed by atoms with Gasteiger partial charge < -0.3 is 0 Å². The number of aryl methyl sites for hydroxylation is 1. The SMILES string of the molecule is CCc1ccc(CC(=O)C2CSC(C)C(C)S2)cc1. The van der Waals surface area contributed by atoms with E-state index in [1.807, 2.05) is 23.5 Å². The summed E-state index contributed by atoms with van der Waals surface area (Å²) in [5, 5.41) is 1.43. The molecule has 3 unspecified atom stereocenters. The van der Waals surface area contributed by atoms with Crippen molar-refractivity contribution in [1.29, 1.82) is 0 Å². The highest BCUT2D eigenvalue weighted by molar-refractivity contribution is 8.08. The van der Waals surface area contributed by atoms with Crippen molar-refractivity contribution in [3.8, 4) is 0 Å². The predicted molar refractivity (Wildman–Crippen MR) is 87.3 cm³/mol. The minimum Gasteiger partial charge on any atom is -0.298 e. The van der Waals surface area contributed by atoms with Gasteiger partial charge in [0.25, 0.3) is 0 Å². The Hall–Kier alpha value is -0.410. The van der Waals surface area contributed by atoms with E-state index in [1.165, 1.54) is 5.56 Å². The van der Waals surface area contributed by atoms with Gasteiger partial charge in [-0.05, 0) is 17.5 Å². The van der Waals surface area contributed by atoms with Crippen molar-refractivity contribution in [1.82, 2.24) is 0 Å². The van der Waals surface area contributed by atoms with Gasteiger partial charge in [0.1, 0.15) is 0 Å². The van der Waals surface area contributed by atoms with Crippen LogP contribution in [0.2, 0.25) is 0 Å². The summed E-state index contributed by atoms with van der Waals surface area (Å²) in [6.07, 6.45) is 1.64. The van der Waals surface area contributed by atoms with Crippen molar-refractivity contribution in [2.75, 3.05) is 5.75 Å². The molecule has 104 valence electrons. The van der Waals surface area contributed by atoms with E-state index in [0.29, 0.717) is 22.7 Å². The lowest BCUT2D eigenvalue weighted by Crippen LogP contribution is -2.32. The molecular formula is C16H22OS2. The van der Waals surface area contributed by atoms with Gasteiger partial charge in [0.05, 0.1) is 5.25 Å². The number of carbonyl (C=O) groups is 1. The van der Waals surface area contributed by atoms with Gasteiger partial charge in [-0.25, -0.2) is 0 Å². The molecule has 0 saturated carbocycles. The lowest BCUT2D eigenvalue weighted by Gasteiger charge is -2.30. The van der Waals surface area contributed by atoms with Crippen LogP contribution in [-0.2, 0) is 17.6 Å². The highest BCUT2D eigenvalue weighted by Gasteiger charge is 2.29. The molecule has 0 spiro atoms. The van der Waals surface area contributed by atoms with Gasteiger partial charge >= 0.3 is 0 Å². The largest absolute Gasteiger partial charge is 0.298 e. The van der Waals surface area contributed by atoms with Crippen LogP contribution >= 0.6 is 23.5 Å². The van der Waals surface area contributed by atoms with Crippen LogP contribution in [-0.4, -0.2) is 27.3 Å². The number of thioether (sulfide) groups is 2. The molecule has 1 aliphatic rings. The molecule has 0 amide bonds. The van der Waals surface area contributed by atoms with Gasteiger partial charge in [0.2, 0.25) is 0 Å². The molecule has 1 aliphatic heterocycles. The molecule has 0 aromatic heterocycles. The number of hydrogen-bond acceptors (Lipinski definition) is 3. The average molecular weight is 294 g/mol. The van der Waals surface area contributed by atoms with Gasteiger partial charge in [0.15, 0.2) is 5.78 Å². The molecule has 1 nitrogen and oxygen atoms in total. The summed E-state index contributed by atoms with van der Waals surface area (Å²) in [4.78, 5) is 12.3. The third-order valence-electron chi connectivity index (χ3n) is 3.72. The zero-order valence-electron chi connectivity index (χ0n) is 11.9. The maximum Gasteiger partial charge on any atom is 0.151 e. The lowest BCUT2D eigenvalue weighted by atomic mass is 10.0. The first-order chi connectivity index (χ1) is 9.10. The molecule has 0 N–H and O–H groups in total. The number of ketones is 1. The molecule has 19 heavy (non-hydrogen) atoms. The Bertz CT molecular complexity index is 427. The lowest BCUT2D eigenvalue weighted by molar-refractivity contribution is -0.117. The summed E-state index contributed by atoms with van der Waals surface area (Å²) in [5.74, 6) is 1.36. The summed E-state index contributed by atoms with van der Waals surface area (Å²) >= 11 is 3.80. The normalized spacial score (nSPS) is 27.2. The second-order valence-corrected chi connectivity index (χ2v) is 8.18. The Morgan fingerprint density at radius 1 is 1.16 bits per heavy atom. The van der Waals surface area contributed by atoms with Crippen molar-refractivity contribution in [3.05, 3.63) is 35.4 Å². The van der Waals surface area contributed by atoms with Gasteiger partial charge in [-0.1, -0.05) is 45.0 Å². The third kappa shape index (κ3) is 4.03. The van der Waals surface area contributed by atoms with Crippen molar-refractivity contribution >= 4 is 29.3 Å². The van der Waals surface area contributed by atoms with Crippen LogP contribution in [0.3, 0.4) is 0 Å². The van der Waals surface area contributed by atoms with Crippen LogP contribution in [0.15, 0.2) is 24.3 Å². The predicted octanol–water partition coefficient (Wildman–Crippen LogP) is 3.99. The highest BCUT2D eigenvalue weighted by atomic mass is 32.2. The summed E-state index contributed by atoms with van der Waals surface area (Å²) in [5.41, 5.74) is 2.49. The van der Waals surface area contributed by atoms with Gasteiger partial charge in [0, 0.05) is 22.7 Å². The van der Waals surface area contributed by atoms with E-state index in [9.17, 15) is 4.79 Å². The van der Waals surface area contributed by atoms with Gasteiger partial charge in [-0.2, -0.15) is 11.8 Å². The number of benzene rings is 1. The topological polar surface area (TPSA) is 17.1 Å². The molecule has 1 aromatic carbocycles. The maximum absolute atomic E-state index is 12.3. The van der Waals surface area contributed by atoms with Crippen molar-refractivity contribution in [2.45, 2.75) is 49.4 Å². The van der Waals surface area contributed by atoms with Crippen LogP contribution in [0, 0.1) is 0 Å². The molecule has 3 atom stereocenters. The Morgan fingerprint density at radius 2 is 1.79 bits per heavy atom. The molecule has 1 aromatic rings. The van der Waals surface area contributed by atoms with E-state index < -0.39 is 0 Å². The fraction of sp³-hybridized carbons (Fsp3) is 0.562. The van der Waals surface area contributed by atoms with Crippen molar-refractivity contribution in [3.63, 3.8) is 0 Å². The first-order valence-corrected chi connectivity index (χ1v) is 8.97. The van der Waals surface area contributed by atoms with Crippen LogP contribution < -0.4 is 0 Å². The van der Waals surface area contributed by atoms with E-state index in [-0.39, 0.29) is 5.25 Å².